The highest BCUT2D eigenvalue weighted by Crippen LogP contribution is 2.19. The summed E-state index contributed by atoms with van der Waals surface area (Å²) in [6.07, 6.45) is 2.78. The van der Waals surface area contributed by atoms with E-state index in [-0.39, 0.29) is 5.92 Å². The Morgan fingerprint density at radius 3 is 2.59 bits per heavy atom. The molecule has 8 nitrogen and oxygen atoms in total. The van der Waals surface area contributed by atoms with Crippen molar-refractivity contribution in [2.45, 2.75) is 38.8 Å². The van der Waals surface area contributed by atoms with Crippen LogP contribution in [0.4, 0.5) is 0 Å². The summed E-state index contributed by atoms with van der Waals surface area (Å²) in [5.41, 5.74) is 7.94. The number of amides is 2. The first kappa shape index (κ1) is 20.4. The number of hydrogen-bond donors (Lipinski definition) is 5. The highest BCUT2D eigenvalue weighted by Gasteiger charge is 2.28. The maximum absolute atomic E-state index is 12.5. The van der Waals surface area contributed by atoms with Gasteiger partial charge in [0.2, 0.25) is 11.8 Å². The Labute approximate surface area is 157 Å². The van der Waals surface area contributed by atoms with Gasteiger partial charge in [-0.15, -0.1) is 0 Å². The van der Waals surface area contributed by atoms with E-state index in [4.69, 9.17) is 10.8 Å². The summed E-state index contributed by atoms with van der Waals surface area (Å²) >= 11 is 0. The maximum Gasteiger partial charge on any atom is 0.322 e. The molecule has 0 bridgehead atoms. The lowest BCUT2D eigenvalue weighted by Gasteiger charge is -2.24. The number of aromatic nitrogens is 1. The Bertz CT molecular complexity index is 817. The fourth-order valence-electron chi connectivity index (χ4n) is 2.87. The molecule has 2 aromatic rings. The molecule has 0 aliphatic heterocycles. The van der Waals surface area contributed by atoms with Crippen LogP contribution in [0, 0.1) is 5.92 Å². The van der Waals surface area contributed by atoms with E-state index >= 15 is 0 Å². The van der Waals surface area contributed by atoms with Gasteiger partial charge in [-0.1, -0.05) is 38.5 Å². The van der Waals surface area contributed by atoms with Gasteiger partial charge in [0.15, 0.2) is 0 Å². The quantitative estimate of drug-likeness (QED) is 0.441. The van der Waals surface area contributed by atoms with Crippen molar-refractivity contribution in [2.24, 2.45) is 11.7 Å². The van der Waals surface area contributed by atoms with Crippen molar-refractivity contribution in [3.05, 3.63) is 36.0 Å². The number of hydrogen-bond acceptors (Lipinski definition) is 4. The molecule has 3 atom stereocenters. The number of H-pyrrole nitrogens is 1. The summed E-state index contributed by atoms with van der Waals surface area (Å²) in [5, 5.41) is 14.7. The zero-order chi connectivity index (χ0) is 20.0. The van der Waals surface area contributed by atoms with Crippen LogP contribution in [0.25, 0.3) is 10.9 Å². The Hall–Kier alpha value is -2.87. The van der Waals surface area contributed by atoms with Gasteiger partial charge < -0.3 is 26.5 Å². The number of aliphatic carboxylic acids is 1. The van der Waals surface area contributed by atoms with Crippen LogP contribution < -0.4 is 16.4 Å². The zero-order valence-corrected chi connectivity index (χ0v) is 15.5. The van der Waals surface area contributed by atoms with E-state index in [0.29, 0.717) is 12.8 Å². The lowest BCUT2D eigenvalue weighted by molar-refractivity contribution is -0.138. The Balaban J connectivity index is 2.04. The second-order valence-corrected chi connectivity index (χ2v) is 6.65. The molecule has 0 aliphatic carbocycles. The standard InChI is InChI=1S/C19H26N4O4/c1-3-11(2)17(19(27)22-10-16(24)25)23-18(26)14(20)8-12-9-21-15-7-5-4-6-13(12)15/h4-7,9,11,14,17,21H,3,8,10,20H2,1-2H3,(H,22,27)(H,23,26)(H,24,25)/t11-,14-,17-/m0/s1. The average Bonchev–Trinajstić information content (AvgIpc) is 3.06. The molecule has 0 saturated carbocycles. The Kier molecular flexibility index (Phi) is 6.95. The third kappa shape index (κ3) is 5.30. The minimum Gasteiger partial charge on any atom is -0.480 e. The van der Waals surface area contributed by atoms with Gasteiger partial charge in [-0.25, -0.2) is 0 Å². The van der Waals surface area contributed by atoms with Crippen LogP contribution in [0.15, 0.2) is 30.5 Å². The molecule has 0 saturated heterocycles. The predicted molar refractivity (Wildman–Crippen MR) is 102 cm³/mol. The molecule has 0 spiro atoms. The van der Waals surface area contributed by atoms with E-state index in [1.807, 2.05) is 44.3 Å². The van der Waals surface area contributed by atoms with E-state index in [0.717, 1.165) is 16.5 Å². The third-order valence-corrected chi connectivity index (χ3v) is 4.66. The summed E-state index contributed by atoms with van der Waals surface area (Å²) in [6.45, 7) is 3.21. The maximum atomic E-state index is 12.5. The van der Waals surface area contributed by atoms with Crippen LogP contribution in [-0.4, -0.2) is 46.5 Å². The fraction of sp³-hybridized carbons (Fsp3) is 0.421. The number of carbonyl (C=O) groups is 3. The molecule has 146 valence electrons. The van der Waals surface area contributed by atoms with Crippen molar-refractivity contribution in [3.63, 3.8) is 0 Å². The first-order valence-electron chi connectivity index (χ1n) is 8.93. The predicted octanol–water partition coefficient (Wildman–Crippen LogP) is 0.769. The highest BCUT2D eigenvalue weighted by molar-refractivity contribution is 5.92. The monoisotopic (exact) mass is 374 g/mol. The lowest BCUT2D eigenvalue weighted by atomic mass is 9.97. The first-order chi connectivity index (χ1) is 12.8. The molecule has 27 heavy (non-hydrogen) atoms. The van der Waals surface area contributed by atoms with Gasteiger partial charge in [-0.3, -0.25) is 14.4 Å². The normalized spacial score (nSPS) is 14.3. The number of benzene rings is 1. The minimum atomic E-state index is -1.14. The van der Waals surface area contributed by atoms with Crippen molar-refractivity contribution in [3.8, 4) is 0 Å². The van der Waals surface area contributed by atoms with Gasteiger partial charge in [-0.05, 0) is 24.0 Å². The van der Waals surface area contributed by atoms with Gasteiger partial charge >= 0.3 is 5.97 Å². The van der Waals surface area contributed by atoms with Crippen molar-refractivity contribution in [2.75, 3.05) is 6.54 Å². The van der Waals surface area contributed by atoms with Gasteiger partial charge in [-0.2, -0.15) is 0 Å². The number of carbonyl (C=O) groups excluding carboxylic acids is 2. The largest absolute Gasteiger partial charge is 0.480 e. The van der Waals surface area contributed by atoms with Crippen LogP contribution in [0.3, 0.4) is 0 Å². The number of nitrogens with one attached hydrogen (secondary N) is 3. The Morgan fingerprint density at radius 1 is 1.22 bits per heavy atom. The van der Waals surface area contributed by atoms with Crippen LogP contribution in [0.5, 0.6) is 0 Å². The van der Waals surface area contributed by atoms with Crippen LogP contribution in [0.2, 0.25) is 0 Å². The van der Waals surface area contributed by atoms with Crippen molar-refractivity contribution >= 4 is 28.7 Å². The molecule has 0 fully saturated rings. The van der Waals surface area contributed by atoms with Gasteiger partial charge in [0.1, 0.15) is 12.6 Å². The van der Waals surface area contributed by atoms with Gasteiger partial charge in [0, 0.05) is 17.1 Å². The van der Waals surface area contributed by atoms with E-state index < -0.39 is 36.4 Å². The van der Waals surface area contributed by atoms with Crippen LogP contribution in [0.1, 0.15) is 25.8 Å². The molecule has 2 amide bonds. The topological polar surface area (TPSA) is 137 Å². The molecular weight excluding hydrogens is 348 g/mol. The molecule has 6 N–H and O–H groups in total. The second-order valence-electron chi connectivity index (χ2n) is 6.65. The zero-order valence-electron chi connectivity index (χ0n) is 15.5. The number of aromatic amines is 1. The van der Waals surface area contributed by atoms with E-state index in [1.54, 1.807) is 0 Å². The minimum absolute atomic E-state index is 0.164. The summed E-state index contributed by atoms with van der Waals surface area (Å²) in [5.74, 6) is -2.29. The summed E-state index contributed by atoms with van der Waals surface area (Å²) in [4.78, 5) is 38.6. The smallest absolute Gasteiger partial charge is 0.322 e. The molecule has 1 aromatic heterocycles. The summed E-state index contributed by atoms with van der Waals surface area (Å²) in [7, 11) is 0. The van der Waals surface area contributed by atoms with Gasteiger partial charge in [0.25, 0.3) is 0 Å². The SMILES string of the molecule is CC[C@H](C)[C@H](NC(=O)[C@@H](N)Cc1c[nH]c2ccccc12)C(=O)NCC(=O)O. The summed E-state index contributed by atoms with van der Waals surface area (Å²) < 4.78 is 0. The first-order valence-corrected chi connectivity index (χ1v) is 8.93. The van der Waals surface area contributed by atoms with Crippen LogP contribution >= 0.6 is 0 Å². The number of carboxylic acids is 1. The molecule has 1 heterocycles. The molecule has 0 aliphatic rings. The highest BCUT2D eigenvalue weighted by atomic mass is 16.4. The molecule has 2 rings (SSSR count). The second kappa shape index (κ2) is 9.18. The van der Waals surface area contributed by atoms with Crippen molar-refractivity contribution < 1.29 is 19.5 Å². The summed E-state index contributed by atoms with van der Waals surface area (Å²) in [6, 6.07) is 6.06. The Morgan fingerprint density at radius 2 is 1.93 bits per heavy atom. The molecule has 0 radical (unpaired) electrons. The number of fused-ring (bicyclic) bond motifs is 1. The van der Waals surface area contributed by atoms with Crippen molar-refractivity contribution in [1.82, 2.24) is 15.6 Å². The number of para-hydroxylation sites is 1. The van der Waals surface area contributed by atoms with Crippen LogP contribution in [-0.2, 0) is 20.8 Å². The van der Waals surface area contributed by atoms with E-state index in [1.165, 1.54) is 0 Å². The molecular formula is C19H26N4O4. The number of rotatable bonds is 9. The lowest BCUT2D eigenvalue weighted by Crippen LogP contribution is -2.55. The van der Waals surface area contributed by atoms with Crippen molar-refractivity contribution in [1.29, 1.82) is 0 Å². The van der Waals surface area contributed by atoms with E-state index in [9.17, 15) is 14.4 Å². The van der Waals surface area contributed by atoms with Gasteiger partial charge in [0.05, 0.1) is 6.04 Å². The molecule has 0 unspecified atom stereocenters. The molecule has 1 aromatic carbocycles. The van der Waals surface area contributed by atoms with E-state index in [2.05, 4.69) is 15.6 Å². The third-order valence-electron chi connectivity index (χ3n) is 4.66. The number of carboxylic acid groups (broad SMARTS) is 1. The molecule has 8 heteroatoms. The average molecular weight is 374 g/mol. The fourth-order valence-corrected chi connectivity index (χ4v) is 2.87. The number of nitrogens with two attached hydrogens (primary N) is 1.